The average Bonchev–Trinajstić information content (AvgIpc) is 3.15. The zero-order valence-corrected chi connectivity index (χ0v) is 17.1. The number of thioether (sulfide) groups is 1. The van der Waals surface area contributed by atoms with E-state index in [-0.39, 0.29) is 5.91 Å². The van der Waals surface area contributed by atoms with Crippen molar-refractivity contribution in [1.29, 1.82) is 0 Å². The van der Waals surface area contributed by atoms with E-state index < -0.39 is 0 Å². The molecule has 0 radical (unpaired) electrons. The molecule has 146 valence electrons. The lowest BCUT2D eigenvalue weighted by Gasteiger charge is -2.09. The molecule has 0 bridgehead atoms. The van der Waals surface area contributed by atoms with Crippen molar-refractivity contribution in [3.05, 3.63) is 48.5 Å². The van der Waals surface area contributed by atoms with Crippen molar-refractivity contribution in [3.63, 3.8) is 0 Å². The van der Waals surface area contributed by atoms with E-state index in [2.05, 4.69) is 20.8 Å². The minimum absolute atomic E-state index is 0.0729. The Hall–Kier alpha value is -2.78. The highest BCUT2D eigenvalue weighted by Crippen LogP contribution is 2.29. The molecule has 0 unspecified atom stereocenters. The number of ether oxygens (including phenoxy) is 2. The second kappa shape index (κ2) is 9.95. The summed E-state index contributed by atoms with van der Waals surface area (Å²) in [5, 5.41) is 15.0. The number of anilines is 3. The fraction of sp³-hybridized carbons (Fsp3) is 0.211. The molecule has 28 heavy (non-hydrogen) atoms. The molecule has 0 saturated carbocycles. The first-order chi connectivity index (χ1) is 13.7. The van der Waals surface area contributed by atoms with E-state index in [1.807, 2.05) is 48.5 Å². The van der Waals surface area contributed by atoms with Crippen LogP contribution in [0.3, 0.4) is 0 Å². The van der Waals surface area contributed by atoms with Crippen LogP contribution in [-0.2, 0) is 4.79 Å². The largest absolute Gasteiger partial charge is 0.497 e. The number of amides is 1. The highest BCUT2D eigenvalue weighted by atomic mass is 32.2. The van der Waals surface area contributed by atoms with Gasteiger partial charge in [-0.3, -0.25) is 4.79 Å². The van der Waals surface area contributed by atoms with E-state index in [4.69, 9.17) is 9.47 Å². The van der Waals surface area contributed by atoms with Crippen molar-refractivity contribution in [2.45, 2.75) is 10.8 Å². The number of nitrogens with zero attached hydrogens (tertiary/aromatic N) is 2. The van der Waals surface area contributed by atoms with Crippen molar-refractivity contribution >= 4 is 45.5 Å². The standard InChI is InChI=1S/C19H20N4O3S2/c1-25-14-7-5-6-13(12-14)20-18-22-23-19(28-18)27-11-10-17(24)21-15-8-3-4-9-16(15)26-2/h3-9,12H,10-11H2,1-2H3,(H,20,22)(H,21,24). The number of hydrogen-bond acceptors (Lipinski definition) is 8. The van der Waals surface area contributed by atoms with Crippen LogP contribution in [0.2, 0.25) is 0 Å². The normalized spacial score (nSPS) is 10.4. The fourth-order valence-corrected chi connectivity index (χ4v) is 4.12. The summed E-state index contributed by atoms with van der Waals surface area (Å²) in [6.45, 7) is 0. The van der Waals surface area contributed by atoms with Gasteiger partial charge in [0, 0.05) is 23.9 Å². The molecule has 0 aliphatic carbocycles. The highest BCUT2D eigenvalue weighted by Gasteiger charge is 2.09. The van der Waals surface area contributed by atoms with Gasteiger partial charge in [-0.15, -0.1) is 10.2 Å². The van der Waals surface area contributed by atoms with Gasteiger partial charge in [-0.25, -0.2) is 0 Å². The van der Waals surface area contributed by atoms with Crippen molar-refractivity contribution in [3.8, 4) is 11.5 Å². The molecule has 0 aliphatic heterocycles. The average molecular weight is 417 g/mol. The number of para-hydroxylation sites is 2. The quantitative estimate of drug-likeness (QED) is 0.499. The second-order valence-electron chi connectivity index (χ2n) is 5.58. The van der Waals surface area contributed by atoms with E-state index in [1.54, 1.807) is 14.2 Å². The van der Waals surface area contributed by atoms with E-state index >= 15 is 0 Å². The Morgan fingerprint density at radius 1 is 1.11 bits per heavy atom. The second-order valence-corrected chi connectivity index (χ2v) is 7.90. The maximum atomic E-state index is 12.1. The van der Waals surface area contributed by atoms with Gasteiger partial charge in [0.2, 0.25) is 11.0 Å². The van der Waals surface area contributed by atoms with E-state index in [0.29, 0.717) is 28.7 Å². The Morgan fingerprint density at radius 3 is 2.79 bits per heavy atom. The Bertz CT molecular complexity index is 933. The lowest BCUT2D eigenvalue weighted by Crippen LogP contribution is -2.12. The van der Waals surface area contributed by atoms with Gasteiger partial charge in [0.15, 0.2) is 4.34 Å². The van der Waals surface area contributed by atoms with Crippen LogP contribution in [0, 0.1) is 0 Å². The Morgan fingerprint density at radius 2 is 1.96 bits per heavy atom. The number of methoxy groups -OCH3 is 2. The van der Waals surface area contributed by atoms with Crippen LogP contribution in [0.1, 0.15) is 6.42 Å². The summed E-state index contributed by atoms with van der Waals surface area (Å²) >= 11 is 2.94. The smallest absolute Gasteiger partial charge is 0.225 e. The molecular formula is C19H20N4O3S2. The summed E-state index contributed by atoms with van der Waals surface area (Å²) in [6, 6.07) is 14.9. The van der Waals surface area contributed by atoms with Gasteiger partial charge >= 0.3 is 0 Å². The lowest BCUT2D eigenvalue weighted by molar-refractivity contribution is -0.115. The summed E-state index contributed by atoms with van der Waals surface area (Å²) in [5.41, 5.74) is 1.55. The summed E-state index contributed by atoms with van der Waals surface area (Å²) < 4.78 is 11.2. The van der Waals surface area contributed by atoms with Crippen molar-refractivity contribution in [2.75, 3.05) is 30.6 Å². The predicted octanol–water partition coefficient (Wildman–Crippen LogP) is 4.42. The van der Waals surface area contributed by atoms with Gasteiger partial charge in [-0.05, 0) is 24.3 Å². The van der Waals surface area contributed by atoms with E-state index in [0.717, 1.165) is 15.8 Å². The minimum Gasteiger partial charge on any atom is -0.497 e. The topological polar surface area (TPSA) is 85.4 Å². The van der Waals surface area contributed by atoms with Gasteiger partial charge in [0.25, 0.3) is 0 Å². The summed E-state index contributed by atoms with van der Waals surface area (Å²) in [6.07, 6.45) is 0.362. The summed E-state index contributed by atoms with van der Waals surface area (Å²) in [7, 11) is 3.20. The van der Waals surface area contributed by atoms with Crippen molar-refractivity contribution in [2.24, 2.45) is 0 Å². The van der Waals surface area contributed by atoms with Gasteiger partial charge < -0.3 is 20.1 Å². The number of benzene rings is 2. The Balaban J connectivity index is 1.47. The first kappa shape index (κ1) is 20.0. The monoisotopic (exact) mass is 416 g/mol. The van der Waals surface area contributed by atoms with Crippen molar-refractivity contribution in [1.82, 2.24) is 10.2 Å². The molecule has 2 N–H and O–H groups in total. The molecule has 1 heterocycles. The van der Waals surface area contributed by atoms with Crippen molar-refractivity contribution < 1.29 is 14.3 Å². The molecule has 0 saturated heterocycles. The first-order valence-corrected chi connectivity index (χ1v) is 10.3. The first-order valence-electron chi connectivity index (χ1n) is 8.48. The third kappa shape index (κ3) is 5.61. The number of rotatable bonds is 9. The van der Waals surface area contributed by atoms with E-state index in [9.17, 15) is 4.79 Å². The molecule has 1 amide bonds. The zero-order chi connectivity index (χ0) is 19.8. The molecular weight excluding hydrogens is 396 g/mol. The number of aromatic nitrogens is 2. The Kier molecular flexibility index (Phi) is 7.10. The molecule has 1 aromatic heterocycles. The molecule has 0 fully saturated rings. The maximum Gasteiger partial charge on any atom is 0.225 e. The third-order valence-electron chi connectivity index (χ3n) is 3.66. The van der Waals surface area contributed by atoms with Crippen LogP contribution >= 0.6 is 23.1 Å². The summed E-state index contributed by atoms with van der Waals surface area (Å²) in [4.78, 5) is 12.1. The molecule has 7 nitrogen and oxygen atoms in total. The van der Waals surface area contributed by atoms with Gasteiger partial charge in [-0.2, -0.15) is 0 Å². The SMILES string of the molecule is COc1cccc(Nc2nnc(SCCC(=O)Nc3ccccc3OC)s2)c1. The van der Waals surface area contributed by atoms with Crippen LogP contribution in [0.5, 0.6) is 11.5 Å². The molecule has 3 aromatic rings. The molecule has 3 rings (SSSR count). The lowest BCUT2D eigenvalue weighted by atomic mass is 10.3. The van der Waals surface area contributed by atoms with Crippen LogP contribution < -0.4 is 20.1 Å². The number of carbonyl (C=O) groups is 1. The zero-order valence-electron chi connectivity index (χ0n) is 15.5. The minimum atomic E-state index is -0.0729. The molecule has 0 aliphatic rings. The van der Waals surface area contributed by atoms with Crippen LogP contribution in [-0.4, -0.2) is 36.1 Å². The number of carbonyl (C=O) groups excluding carboxylic acids is 1. The maximum absolute atomic E-state index is 12.1. The fourth-order valence-electron chi connectivity index (χ4n) is 2.33. The van der Waals surface area contributed by atoms with Gasteiger partial charge in [0.1, 0.15) is 11.5 Å². The van der Waals surface area contributed by atoms with Crippen LogP contribution in [0.15, 0.2) is 52.9 Å². The molecule has 0 spiro atoms. The third-order valence-corrected chi connectivity index (χ3v) is 5.64. The summed E-state index contributed by atoms with van der Waals surface area (Å²) in [5.74, 6) is 1.94. The molecule has 2 aromatic carbocycles. The Labute approximate surface area is 171 Å². The predicted molar refractivity (Wildman–Crippen MR) is 113 cm³/mol. The van der Waals surface area contributed by atoms with Gasteiger partial charge in [0.05, 0.1) is 19.9 Å². The van der Waals surface area contributed by atoms with Crippen LogP contribution in [0.4, 0.5) is 16.5 Å². The number of nitrogens with one attached hydrogen (secondary N) is 2. The van der Waals surface area contributed by atoms with Gasteiger partial charge in [-0.1, -0.05) is 41.3 Å². The number of hydrogen-bond donors (Lipinski definition) is 2. The van der Waals surface area contributed by atoms with Crippen LogP contribution in [0.25, 0.3) is 0 Å². The van der Waals surface area contributed by atoms with E-state index in [1.165, 1.54) is 23.1 Å². The molecule has 0 atom stereocenters. The molecule has 9 heteroatoms. The highest BCUT2D eigenvalue weighted by molar-refractivity contribution is 8.01.